The number of anilines is 1. The monoisotopic (exact) mass is 351 g/mol. The molecule has 0 aromatic heterocycles. The van der Waals surface area contributed by atoms with Gasteiger partial charge in [-0.15, -0.1) is 0 Å². The van der Waals surface area contributed by atoms with E-state index >= 15 is 0 Å². The Kier molecular flexibility index (Phi) is 6.04. The summed E-state index contributed by atoms with van der Waals surface area (Å²) < 4.78 is 47.9. The van der Waals surface area contributed by atoms with E-state index in [1.165, 1.54) is 18.2 Å². The lowest BCUT2D eigenvalue weighted by Crippen LogP contribution is -2.22. The van der Waals surface area contributed by atoms with Crippen molar-refractivity contribution in [3.8, 4) is 11.8 Å². The van der Waals surface area contributed by atoms with Crippen LogP contribution in [0.5, 0.6) is 0 Å². The van der Waals surface area contributed by atoms with Crippen molar-refractivity contribution in [1.82, 2.24) is 0 Å². The molecule has 21 heavy (non-hydrogen) atoms. The van der Waals surface area contributed by atoms with Crippen molar-refractivity contribution in [1.29, 1.82) is 0 Å². The highest BCUT2D eigenvalue weighted by atomic mass is 35.5. The summed E-state index contributed by atoms with van der Waals surface area (Å²) in [5, 5.41) is 8.01. The van der Waals surface area contributed by atoms with Crippen LogP contribution in [0.1, 0.15) is 12.0 Å². The van der Waals surface area contributed by atoms with Crippen LogP contribution in [0.15, 0.2) is 18.2 Å². The fourth-order valence-electron chi connectivity index (χ4n) is 1.40. The zero-order valence-corrected chi connectivity index (χ0v) is 13.5. The van der Waals surface area contributed by atoms with E-state index in [-0.39, 0.29) is 18.7 Å². The van der Waals surface area contributed by atoms with Gasteiger partial charge in [0, 0.05) is 17.7 Å². The molecule has 0 amide bonds. The molecule has 0 bridgehead atoms. The maximum atomic E-state index is 11.8. The summed E-state index contributed by atoms with van der Waals surface area (Å²) in [4.78, 5) is 0. The lowest BCUT2D eigenvalue weighted by Gasteiger charge is -2.09. The van der Waals surface area contributed by atoms with Gasteiger partial charge < -0.3 is 5.11 Å². The van der Waals surface area contributed by atoms with E-state index in [1.807, 2.05) is 0 Å². The first-order valence-corrected chi connectivity index (χ1v) is 9.79. The fraction of sp³-hybridized carbons (Fsp3) is 0.333. The van der Waals surface area contributed by atoms with Crippen LogP contribution in [0.3, 0.4) is 0 Å². The van der Waals surface area contributed by atoms with Gasteiger partial charge in [0.15, 0.2) is 14.9 Å². The maximum absolute atomic E-state index is 11.8. The van der Waals surface area contributed by atoms with Gasteiger partial charge in [-0.3, -0.25) is 4.72 Å². The molecule has 0 atom stereocenters. The molecule has 6 nitrogen and oxygen atoms in total. The van der Waals surface area contributed by atoms with Gasteiger partial charge in [-0.05, 0) is 18.2 Å². The second kappa shape index (κ2) is 7.13. The molecule has 1 aromatic rings. The van der Waals surface area contributed by atoms with E-state index in [1.54, 1.807) is 0 Å². The summed E-state index contributed by atoms with van der Waals surface area (Å²) in [6.07, 6.45) is 1.05. The van der Waals surface area contributed by atoms with E-state index in [2.05, 4.69) is 16.6 Å². The van der Waals surface area contributed by atoms with Crippen molar-refractivity contribution in [2.75, 3.05) is 22.7 Å². The number of halogens is 1. The van der Waals surface area contributed by atoms with Crippen molar-refractivity contribution >= 4 is 37.1 Å². The number of sulfonamides is 1. The van der Waals surface area contributed by atoms with Crippen molar-refractivity contribution in [2.24, 2.45) is 0 Å². The van der Waals surface area contributed by atoms with Crippen LogP contribution >= 0.6 is 11.6 Å². The first-order chi connectivity index (χ1) is 9.63. The summed E-state index contributed by atoms with van der Waals surface area (Å²) in [7, 11) is -7.75. The molecule has 0 aliphatic rings. The minimum atomic E-state index is -4.06. The highest BCUT2D eigenvalue weighted by Gasteiger charge is 2.19. The number of nitrogens with one attached hydrogen (secondary N) is 1. The third-order valence-electron chi connectivity index (χ3n) is 2.08. The lowest BCUT2D eigenvalue weighted by molar-refractivity contribution is 0.305. The normalized spacial score (nSPS) is 11.6. The number of aliphatic hydroxyl groups excluding tert-OH is 1. The average Bonchev–Trinajstić information content (AvgIpc) is 2.29. The molecule has 0 fully saturated rings. The highest BCUT2D eigenvalue weighted by Crippen LogP contribution is 2.21. The Morgan fingerprint density at radius 2 is 1.95 bits per heavy atom. The number of hydrogen-bond acceptors (Lipinski definition) is 5. The molecule has 0 saturated heterocycles. The van der Waals surface area contributed by atoms with E-state index in [4.69, 9.17) is 16.7 Å². The molecule has 116 valence electrons. The van der Waals surface area contributed by atoms with Gasteiger partial charge in [-0.2, -0.15) is 0 Å². The van der Waals surface area contributed by atoms with E-state index in [9.17, 15) is 16.8 Å². The van der Waals surface area contributed by atoms with Gasteiger partial charge in [0.2, 0.25) is 10.0 Å². The van der Waals surface area contributed by atoms with Crippen LogP contribution in [0.2, 0.25) is 5.02 Å². The third kappa shape index (κ3) is 6.82. The molecular formula is C12H14ClNO5S2. The van der Waals surface area contributed by atoms with Crippen LogP contribution < -0.4 is 4.72 Å². The van der Waals surface area contributed by atoms with Gasteiger partial charge in [0.1, 0.15) is 0 Å². The van der Waals surface area contributed by atoms with Crippen LogP contribution in [0, 0.1) is 11.8 Å². The topological polar surface area (TPSA) is 101 Å². The smallest absolute Gasteiger partial charge is 0.247 e. The van der Waals surface area contributed by atoms with E-state index in [0.717, 1.165) is 6.26 Å². The molecule has 1 aromatic carbocycles. The Labute approximate surface area is 129 Å². The molecule has 0 aliphatic carbocycles. The molecule has 0 saturated carbocycles. The fourth-order valence-corrected chi connectivity index (χ4v) is 4.58. The summed E-state index contributed by atoms with van der Waals surface area (Å²) in [5.41, 5.74) is 0.432. The molecular weight excluding hydrogens is 338 g/mol. The van der Waals surface area contributed by atoms with Crippen molar-refractivity contribution < 1.29 is 21.9 Å². The first-order valence-electron chi connectivity index (χ1n) is 5.70. The molecule has 0 aliphatic heterocycles. The Balaban J connectivity index is 3.12. The quantitative estimate of drug-likeness (QED) is 0.765. The first kappa shape index (κ1) is 17.8. The van der Waals surface area contributed by atoms with Crippen molar-refractivity contribution in [2.45, 2.75) is 6.42 Å². The van der Waals surface area contributed by atoms with Crippen LogP contribution in [-0.4, -0.2) is 39.9 Å². The Bertz CT molecular complexity index is 776. The van der Waals surface area contributed by atoms with Gasteiger partial charge in [-0.25, -0.2) is 16.8 Å². The summed E-state index contributed by atoms with van der Waals surface area (Å²) >= 11 is 5.82. The molecule has 1 rings (SSSR count). The molecule has 0 unspecified atom stereocenters. The number of sulfone groups is 1. The zero-order valence-electron chi connectivity index (χ0n) is 11.1. The van der Waals surface area contributed by atoms with E-state index in [0.29, 0.717) is 10.6 Å². The minimum Gasteiger partial charge on any atom is -0.395 e. The predicted molar refractivity (Wildman–Crippen MR) is 82.3 cm³/mol. The summed E-state index contributed by atoms with van der Waals surface area (Å²) in [6.45, 7) is -0.122. The maximum Gasteiger partial charge on any atom is 0.247 e. The van der Waals surface area contributed by atoms with Crippen LogP contribution in [0.4, 0.5) is 5.69 Å². The van der Waals surface area contributed by atoms with Crippen LogP contribution in [0.25, 0.3) is 0 Å². The largest absolute Gasteiger partial charge is 0.395 e. The third-order valence-corrected chi connectivity index (χ3v) is 5.80. The molecule has 0 radical (unpaired) electrons. The number of rotatable bonds is 5. The molecule has 9 heteroatoms. The Hall–Kier alpha value is -1.27. The average molecular weight is 352 g/mol. The predicted octanol–water partition coefficient (Wildman–Crippen LogP) is 0.818. The number of benzene rings is 1. The molecule has 0 heterocycles. The summed E-state index contributed by atoms with van der Waals surface area (Å²) in [5.74, 6) is 5.31. The molecule has 2 N–H and O–H groups in total. The minimum absolute atomic E-state index is 0.122. The Morgan fingerprint density at radius 1 is 1.29 bits per heavy atom. The van der Waals surface area contributed by atoms with Gasteiger partial charge in [0.25, 0.3) is 0 Å². The second-order valence-corrected chi connectivity index (χ2v) is 8.89. The summed E-state index contributed by atoms with van der Waals surface area (Å²) in [6, 6.07) is 4.30. The second-order valence-electron chi connectivity index (χ2n) is 4.23. The van der Waals surface area contributed by atoms with Crippen molar-refractivity contribution in [3.63, 3.8) is 0 Å². The van der Waals surface area contributed by atoms with Crippen LogP contribution in [-0.2, 0) is 19.9 Å². The SMILES string of the molecule is CS(=O)(=O)CS(=O)(=O)Nc1ccc(Cl)cc1C#CCCO. The van der Waals surface area contributed by atoms with E-state index < -0.39 is 24.9 Å². The van der Waals surface area contributed by atoms with Gasteiger partial charge >= 0.3 is 0 Å². The lowest BCUT2D eigenvalue weighted by atomic mass is 10.2. The number of aliphatic hydroxyl groups is 1. The van der Waals surface area contributed by atoms with Crippen molar-refractivity contribution in [3.05, 3.63) is 28.8 Å². The zero-order chi connectivity index (χ0) is 16.1. The Morgan fingerprint density at radius 3 is 2.52 bits per heavy atom. The highest BCUT2D eigenvalue weighted by molar-refractivity contribution is 8.08. The van der Waals surface area contributed by atoms with Gasteiger partial charge in [-0.1, -0.05) is 23.4 Å². The number of hydrogen-bond donors (Lipinski definition) is 2. The standard InChI is InChI=1S/C12H14ClNO5S2/c1-20(16,17)9-21(18,19)14-12-6-5-11(13)8-10(12)4-2-3-7-15/h5-6,8,14-15H,3,7,9H2,1H3. The molecule has 0 spiro atoms. The van der Waals surface area contributed by atoms with Gasteiger partial charge in [0.05, 0.1) is 17.9 Å².